The zero-order valence-corrected chi connectivity index (χ0v) is 9.93. The van der Waals surface area contributed by atoms with E-state index in [2.05, 4.69) is 34.6 Å². The first-order valence-electron chi connectivity index (χ1n) is 6.06. The summed E-state index contributed by atoms with van der Waals surface area (Å²) in [7, 11) is 0. The first kappa shape index (κ1) is 12.1. The van der Waals surface area contributed by atoms with Crippen LogP contribution in [-0.2, 0) is 11.3 Å². The number of nitrogens with two attached hydrogens (primary N) is 1. The van der Waals surface area contributed by atoms with Crippen LogP contribution in [0.3, 0.4) is 0 Å². The Morgan fingerprint density at radius 1 is 1.29 bits per heavy atom. The number of hydrazine groups is 1. The van der Waals surface area contributed by atoms with Gasteiger partial charge in [-0.15, -0.1) is 0 Å². The summed E-state index contributed by atoms with van der Waals surface area (Å²) in [6.45, 7) is 2.90. The van der Waals surface area contributed by atoms with Gasteiger partial charge in [0.15, 0.2) is 0 Å². The van der Waals surface area contributed by atoms with Crippen molar-refractivity contribution < 1.29 is 4.79 Å². The zero-order valence-electron chi connectivity index (χ0n) is 9.93. The summed E-state index contributed by atoms with van der Waals surface area (Å²) in [6, 6.07) is 10.4. The van der Waals surface area contributed by atoms with Crippen LogP contribution in [0.4, 0.5) is 0 Å². The van der Waals surface area contributed by atoms with Gasteiger partial charge in [-0.05, 0) is 31.5 Å². The van der Waals surface area contributed by atoms with Crippen molar-refractivity contribution in [2.75, 3.05) is 13.1 Å². The number of nitrogens with zero attached hydrogens (tertiary/aromatic N) is 1. The molecule has 17 heavy (non-hydrogen) atoms. The van der Waals surface area contributed by atoms with Crippen LogP contribution in [0.1, 0.15) is 18.4 Å². The Labute approximate surface area is 102 Å². The lowest BCUT2D eigenvalue weighted by molar-refractivity contribution is -0.126. The van der Waals surface area contributed by atoms with Gasteiger partial charge in [0.05, 0.1) is 0 Å². The molecule has 92 valence electrons. The molecule has 0 aliphatic carbocycles. The number of carbonyl (C=O) groups excluding carboxylic acids is 1. The van der Waals surface area contributed by atoms with Gasteiger partial charge in [-0.25, -0.2) is 5.84 Å². The number of rotatable bonds is 3. The van der Waals surface area contributed by atoms with E-state index in [1.807, 2.05) is 6.07 Å². The van der Waals surface area contributed by atoms with E-state index < -0.39 is 0 Å². The summed E-state index contributed by atoms with van der Waals surface area (Å²) in [6.07, 6.45) is 1.80. The Balaban J connectivity index is 1.82. The van der Waals surface area contributed by atoms with Crippen molar-refractivity contribution in [1.29, 1.82) is 0 Å². The minimum atomic E-state index is -0.0237. The molecule has 0 radical (unpaired) electrons. The summed E-state index contributed by atoms with van der Waals surface area (Å²) in [5.74, 6) is 5.21. The maximum absolute atomic E-state index is 11.4. The van der Waals surface area contributed by atoms with Crippen LogP contribution in [0.2, 0.25) is 0 Å². The van der Waals surface area contributed by atoms with Crippen molar-refractivity contribution in [3.05, 3.63) is 35.9 Å². The van der Waals surface area contributed by atoms with E-state index in [0.717, 1.165) is 32.5 Å². The molecule has 1 aliphatic heterocycles. The van der Waals surface area contributed by atoms with Crippen molar-refractivity contribution in [1.82, 2.24) is 10.3 Å². The number of hydrogen-bond acceptors (Lipinski definition) is 3. The number of carbonyl (C=O) groups is 1. The van der Waals surface area contributed by atoms with Crippen molar-refractivity contribution in [3.8, 4) is 0 Å². The summed E-state index contributed by atoms with van der Waals surface area (Å²) >= 11 is 0. The number of benzene rings is 1. The van der Waals surface area contributed by atoms with Gasteiger partial charge in [0.1, 0.15) is 0 Å². The highest BCUT2D eigenvalue weighted by atomic mass is 16.2. The molecule has 0 spiro atoms. The Kier molecular flexibility index (Phi) is 4.12. The molecule has 0 saturated carbocycles. The summed E-state index contributed by atoms with van der Waals surface area (Å²) in [5, 5.41) is 0. The van der Waals surface area contributed by atoms with E-state index in [-0.39, 0.29) is 11.8 Å². The average Bonchev–Trinajstić information content (AvgIpc) is 2.40. The zero-order chi connectivity index (χ0) is 12.1. The first-order chi connectivity index (χ1) is 8.29. The van der Waals surface area contributed by atoms with Gasteiger partial charge in [-0.3, -0.25) is 15.1 Å². The van der Waals surface area contributed by atoms with Gasteiger partial charge in [0.25, 0.3) is 0 Å². The molecule has 0 unspecified atom stereocenters. The fraction of sp³-hybridized carbons (Fsp3) is 0.462. The van der Waals surface area contributed by atoms with Crippen LogP contribution >= 0.6 is 0 Å². The summed E-state index contributed by atoms with van der Waals surface area (Å²) in [4.78, 5) is 13.8. The predicted octanol–water partition coefficient (Wildman–Crippen LogP) is 0.888. The van der Waals surface area contributed by atoms with Crippen LogP contribution < -0.4 is 11.3 Å². The molecular formula is C13H19N3O. The second-order valence-corrected chi connectivity index (χ2v) is 4.54. The molecule has 4 nitrogen and oxygen atoms in total. The van der Waals surface area contributed by atoms with E-state index in [9.17, 15) is 4.79 Å². The lowest BCUT2D eigenvalue weighted by Crippen LogP contribution is -2.42. The van der Waals surface area contributed by atoms with Crippen LogP contribution in [0, 0.1) is 5.92 Å². The van der Waals surface area contributed by atoms with E-state index >= 15 is 0 Å². The highest BCUT2D eigenvalue weighted by molar-refractivity contribution is 5.78. The highest BCUT2D eigenvalue weighted by Crippen LogP contribution is 2.18. The van der Waals surface area contributed by atoms with Gasteiger partial charge in [0, 0.05) is 12.5 Å². The average molecular weight is 233 g/mol. The molecule has 4 heteroatoms. The number of hydrogen-bond donors (Lipinski definition) is 2. The third-order valence-electron chi connectivity index (χ3n) is 3.35. The second-order valence-electron chi connectivity index (χ2n) is 4.54. The minimum absolute atomic E-state index is 0.0237. The second kappa shape index (κ2) is 5.80. The molecule has 2 rings (SSSR count). The highest BCUT2D eigenvalue weighted by Gasteiger charge is 2.24. The van der Waals surface area contributed by atoms with E-state index in [4.69, 9.17) is 5.84 Å². The van der Waals surface area contributed by atoms with Crippen molar-refractivity contribution in [2.45, 2.75) is 19.4 Å². The molecule has 1 saturated heterocycles. The van der Waals surface area contributed by atoms with Gasteiger partial charge in [-0.2, -0.15) is 0 Å². The molecular weight excluding hydrogens is 214 g/mol. The standard InChI is InChI=1S/C13H19N3O/c14-15-13(17)12-6-8-16(9-7-12)10-11-4-2-1-3-5-11/h1-5,12H,6-10,14H2,(H,15,17). The van der Waals surface area contributed by atoms with Crippen LogP contribution in [0.25, 0.3) is 0 Å². The minimum Gasteiger partial charge on any atom is -0.299 e. The maximum Gasteiger partial charge on any atom is 0.237 e. The normalized spacial score (nSPS) is 17.9. The lowest BCUT2D eigenvalue weighted by Gasteiger charge is -2.30. The van der Waals surface area contributed by atoms with Gasteiger partial charge in [-0.1, -0.05) is 30.3 Å². The smallest absolute Gasteiger partial charge is 0.237 e. The van der Waals surface area contributed by atoms with Crippen molar-refractivity contribution in [3.63, 3.8) is 0 Å². The van der Waals surface area contributed by atoms with Gasteiger partial charge < -0.3 is 0 Å². The number of likely N-dealkylation sites (tertiary alicyclic amines) is 1. The molecule has 1 aromatic rings. The number of piperidine rings is 1. The molecule has 1 aliphatic rings. The molecule has 1 aromatic carbocycles. The van der Waals surface area contributed by atoms with Crippen LogP contribution in [0.15, 0.2) is 30.3 Å². The Morgan fingerprint density at radius 2 is 1.94 bits per heavy atom. The quantitative estimate of drug-likeness (QED) is 0.463. The molecule has 3 N–H and O–H groups in total. The maximum atomic E-state index is 11.4. The third kappa shape index (κ3) is 3.28. The molecule has 1 heterocycles. The SMILES string of the molecule is NNC(=O)C1CCN(Cc2ccccc2)CC1. The fourth-order valence-corrected chi connectivity index (χ4v) is 2.31. The Morgan fingerprint density at radius 3 is 2.53 bits per heavy atom. The monoisotopic (exact) mass is 233 g/mol. The molecule has 1 amide bonds. The van der Waals surface area contributed by atoms with E-state index in [0.29, 0.717) is 0 Å². The third-order valence-corrected chi connectivity index (χ3v) is 3.35. The summed E-state index contributed by atoms with van der Waals surface area (Å²) < 4.78 is 0. The largest absolute Gasteiger partial charge is 0.299 e. The van der Waals surface area contributed by atoms with Crippen molar-refractivity contribution in [2.24, 2.45) is 11.8 Å². The van der Waals surface area contributed by atoms with E-state index in [1.54, 1.807) is 0 Å². The van der Waals surface area contributed by atoms with Gasteiger partial charge in [0.2, 0.25) is 5.91 Å². The van der Waals surface area contributed by atoms with Crippen molar-refractivity contribution >= 4 is 5.91 Å². The Hall–Kier alpha value is -1.39. The lowest BCUT2D eigenvalue weighted by atomic mass is 9.96. The molecule has 1 fully saturated rings. The fourth-order valence-electron chi connectivity index (χ4n) is 2.31. The Bertz CT molecular complexity index is 358. The van der Waals surface area contributed by atoms with E-state index in [1.165, 1.54) is 5.56 Å². The number of amides is 1. The predicted molar refractivity (Wildman–Crippen MR) is 66.8 cm³/mol. The number of nitrogens with one attached hydrogen (secondary N) is 1. The van der Waals surface area contributed by atoms with Crippen LogP contribution in [-0.4, -0.2) is 23.9 Å². The van der Waals surface area contributed by atoms with Crippen LogP contribution in [0.5, 0.6) is 0 Å². The van der Waals surface area contributed by atoms with Gasteiger partial charge >= 0.3 is 0 Å². The topological polar surface area (TPSA) is 58.4 Å². The molecule has 0 atom stereocenters. The summed E-state index contributed by atoms with van der Waals surface area (Å²) in [5.41, 5.74) is 3.57. The molecule has 0 bridgehead atoms. The first-order valence-corrected chi connectivity index (χ1v) is 6.06. The molecule has 0 aromatic heterocycles.